The van der Waals surface area contributed by atoms with Gasteiger partial charge in [0.1, 0.15) is 18.5 Å². The molecular formula is C26H25N3O5. The van der Waals surface area contributed by atoms with Gasteiger partial charge >= 0.3 is 12.0 Å². The number of carbonyl (C=O) groups is 2. The molecular weight excluding hydrogens is 434 g/mol. The number of urea groups is 1. The molecule has 2 unspecified atom stereocenters. The van der Waals surface area contributed by atoms with Gasteiger partial charge in [-0.05, 0) is 55.2 Å². The predicted molar refractivity (Wildman–Crippen MR) is 127 cm³/mol. The van der Waals surface area contributed by atoms with Crippen molar-refractivity contribution in [3.05, 3.63) is 66.9 Å². The first-order valence-electron chi connectivity index (χ1n) is 11.3. The fourth-order valence-electron chi connectivity index (χ4n) is 4.39. The third-order valence-electron chi connectivity index (χ3n) is 6.18. The maximum absolute atomic E-state index is 12.8. The van der Waals surface area contributed by atoms with Crippen molar-refractivity contribution in [2.75, 3.05) is 23.4 Å². The van der Waals surface area contributed by atoms with Crippen LogP contribution < -0.4 is 19.7 Å². The maximum Gasteiger partial charge on any atom is 0.326 e. The molecule has 2 aliphatic rings. The summed E-state index contributed by atoms with van der Waals surface area (Å²) in [5, 5.41) is 12.1. The maximum atomic E-state index is 12.8. The molecule has 0 saturated heterocycles. The van der Waals surface area contributed by atoms with Crippen molar-refractivity contribution in [2.24, 2.45) is 5.92 Å². The Hall–Kier alpha value is -4.07. The van der Waals surface area contributed by atoms with Gasteiger partial charge in [-0.15, -0.1) is 0 Å². The van der Waals surface area contributed by atoms with E-state index in [2.05, 4.69) is 10.3 Å². The Morgan fingerprint density at radius 2 is 1.88 bits per heavy atom. The summed E-state index contributed by atoms with van der Waals surface area (Å²) in [4.78, 5) is 30.0. The van der Waals surface area contributed by atoms with E-state index in [9.17, 15) is 9.59 Å². The number of hydrogen-bond donors (Lipinski definition) is 2. The van der Waals surface area contributed by atoms with Crippen LogP contribution in [-0.4, -0.2) is 41.3 Å². The minimum atomic E-state index is -0.764. The monoisotopic (exact) mass is 459 g/mol. The van der Waals surface area contributed by atoms with Crippen molar-refractivity contribution < 1.29 is 24.2 Å². The van der Waals surface area contributed by atoms with Crippen LogP contribution in [-0.2, 0) is 4.79 Å². The molecule has 1 aromatic heterocycles. The van der Waals surface area contributed by atoms with E-state index in [1.807, 2.05) is 54.6 Å². The lowest BCUT2D eigenvalue weighted by atomic mass is 10.1. The normalized spacial score (nSPS) is 19.1. The molecule has 2 heterocycles. The second kappa shape index (κ2) is 9.43. The molecule has 0 bridgehead atoms. The van der Waals surface area contributed by atoms with Gasteiger partial charge in [0.15, 0.2) is 0 Å². The number of nitrogens with one attached hydrogen (secondary N) is 1. The predicted octanol–water partition coefficient (Wildman–Crippen LogP) is 4.81. The van der Waals surface area contributed by atoms with E-state index in [0.717, 1.165) is 23.2 Å². The number of hydrogen-bond acceptors (Lipinski definition) is 5. The molecule has 0 radical (unpaired) electrons. The molecule has 1 saturated carbocycles. The molecule has 5 rings (SSSR count). The average Bonchev–Trinajstić information content (AvgIpc) is 3.33. The summed E-state index contributed by atoms with van der Waals surface area (Å²) in [5.74, 6) is 0.0185. The Bertz CT molecular complexity index is 1180. The standard InChI is InChI=1S/C26H25N3O5/c30-25(31)18-6-9-21(14-18)34-24-11-8-19(16-27-24)17-7-10-22-23(15-17)33-13-12-29(22)26(32)28-20-4-2-1-3-5-20/h1-5,7-8,10-11,15-16,18,21H,6,9,12-14H2,(H,28,32)(H,30,31). The van der Waals surface area contributed by atoms with Crippen LogP contribution in [0.4, 0.5) is 16.2 Å². The third-order valence-corrected chi connectivity index (χ3v) is 6.18. The summed E-state index contributed by atoms with van der Waals surface area (Å²) in [5.41, 5.74) is 3.25. The SMILES string of the molecule is O=C(O)C1CCC(Oc2ccc(-c3ccc4c(c3)OCCN4C(=O)Nc3ccccc3)cn2)C1. The quantitative estimate of drug-likeness (QED) is 0.568. The number of ether oxygens (including phenoxy) is 2. The molecule has 8 heteroatoms. The first kappa shape index (κ1) is 21.8. The van der Waals surface area contributed by atoms with E-state index >= 15 is 0 Å². The average molecular weight is 460 g/mol. The van der Waals surface area contributed by atoms with Crippen molar-refractivity contribution in [3.63, 3.8) is 0 Å². The topological polar surface area (TPSA) is 101 Å². The number of aromatic nitrogens is 1. The lowest BCUT2D eigenvalue weighted by molar-refractivity contribution is -0.141. The van der Waals surface area contributed by atoms with E-state index < -0.39 is 5.97 Å². The van der Waals surface area contributed by atoms with E-state index in [4.69, 9.17) is 14.6 Å². The first-order chi connectivity index (χ1) is 16.6. The second-order valence-electron chi connectivity index (χ2n) is 8.45. The summed E-state index contributed by atoms with van der Waals surface area (Å²) < 4.78 is 11.7. The number of pyridine rings is 1. The molecule has 2 atom stereocenters. The number of rotatable bonds is 5. The van der Waals surface area contributed by atoms with Gasteiger partial charge in [0.25, 0.3) is 0 Å². The minimum absolute atomic E-state index is 0.121. The van der Waals surface area contributed by atoms with E-state index in [1.54, 1.807) is 17.2 Å². The summed E-state index contributed by atoms with van der Waals surface area (Å²) in [6.07, 6.45) is 3.47. The van der Waals surface area contributed by atoms with Crippen LogP contribution in [0.3, 0.4) is 0 Å². The lowest BCUT2D eigenvalue weighted by Crippen LogP contribution is -2.40. The highest BCUT2D eigenvalue weighted by atomic mass is 16.5. The molecule has 1 fully saturated rings. The number of carbonyl (C=O) groups excluding carboxylic acids is 1. The van der Waals surface area contributed by atoms with Gasteiger partial charge in [0.05, 0.1) is 18.2 Å². The number of benzene rings is 2. The van der Waals surface area contributed by atoms with Gasteiger partial charge in [-0.1, -0.05) is 24.3 Å². The van der Waals surface area contributed by atoms with Crippen LogP contribution >= 0.6 is 0 Å². The summed E-state index contributed by atoms with van der Waals surface area (Å²) in [6, 6.07) is 18.6. The Balaban J connectivity index is 1.27. The van der Waals surface area contributed by atoms with Crippen molar-refractivity contribution in [1.29, 1.82) is 0 Å². The highest BCUT2D eigenvalue weighted by molar-refractivity contribution is 6.03. The number of aliphatic carboxylic acids is 1. The fourth-order valence-corrected chi connectivity index (χ4v) is 4.39. The molecule has 8 nitrogen and oxygen atoms in total. The molecule has 34 heavy (non-hydrogen) atoms. The number of carboxylic acid groups (broad SMARTS) is 1. The van der Waals surface area contributed by atoms with Crippen molar-refractivity contribution in [1.82, 2.24) is 4.98 Å². The second-order valence-corrected chi connectivity index (χ2v) is 8.45. The van der Waals surface area contributed by atoms with Crippen LogP contribution in [0, 0.1) is 5.92 Å². The number of amides is 2. The van der Waals surface area contributed by atoms with Crippen LogP contribution in [0.15, 0.2) is 66.9 Å². The molecule has 3 aromatic rings. The van der Waals surface area contributed by atoms with Gasteiger partial charge in [-0.25, -0.2) is 9.78 Å². The molecule has 1 aliphatic heterocycles. The summed E-state index contributed by atoms with van der Waals surface area (Å²) >= 11 is 0. The Labute approximate surface area is 197 Å². The third kappa shape index (κ3) is 4.66. The van der Waals surface area contributed by atoms with Crippen LogP contribution in [0.25, 0.3) is 11.1 Å². The zero-order valence-electron chi connectivity index (χ0n) is 18.5. The van der Waals surface area contributed by atoms with Crippen LogP contribution in [0.1, 0.15) is 19.3 Å². The van der Waals surface area contributed by atoms with Crippen molar-refractivity contribution >= 4 is 23.4 Å². The zero-order valence-corrected chi connectivity index (χ0v) is 18.5. The Morgan fingerprint density at radius 1 is 1.06 bits per heavy atom. The van der Waals surface area contributed by atoms with E-state index in [1.165, 1.54) is 0 Å². The van der Waals surface area contributed by atoms with Crippen LogP contribution in [0.2, 0.25) is 0 Å². The van der Waals surface area contributed by atoms with Crippen molar-refractivity contribution in [3.8, 4) is 22.8 Å². The van der Waals surface area contributed by atoms with E-state index in [-0.39, 0.29) is 18.1 Å². The lowest BCUT2D eigenvalue weighted by Gasteiger charge is -2.30. The van der Waals surface area contributed by atoms with Gasteiger partial charge < -0.3 is 19.9 Å². The molecule has 1 aliphatic carbocycles. The summed E-state index contributed by atoms with van der Waals surface area (Å²) in [7, 11) is 0. The van der Waals surface area contributed by atoms with E-state index in [0.29, 0.717) is 43.3 Å². The minimum Gasteiger partial charge on any atom is -0.490 e. The van der Waals surface area contributed by atoms with Crippen molar-refractivity contribution in [2.45, 2.75) is 25.4 Å². The highest BCUT2D eigenvalue weighted by Crippen LogP contribution is 2.36. The number of nitrogens with zero attached hydrogens (tertiary/aromatic N) is 2. The van der Waals surface area contributed by atoms with Crippen LogP contribution in [0.5, 0.6) is 11.6 Å². The number of carboxylic acids is 1. The zero-order chi connectivity index (χ0) is 23.5. The van der Waals surface area contributed by atoms with Gasteiger partial charge in [-0.2, -0.15) is 0 Å². The number of anilines is 2. The number of fused-ring (bicyclic) bond motifs is 1. The van der Waals surface area contributed by atoms with Gasteiger partial charge in [-0.3, -0.25) is 9.69 Å². The smallest absolute Gasteiger partial charge is 0.326 e. The Morgan fingerprint density at radius 3 is 2.62 bits per heavy atom. The Kier molecular flexibility index (Phi) is 6.03. The first-order valence-corrected chi connectivity index (χ1v) is 11.3. The number of para-hydroxylation sites is 1. The fraction of sp³-hybridized carbons (Fsp3) is 0.269. The molecule has 2 aromatic carbocycles. The van der Waals surface area contributed by atoms with Gasteiger partial charge in [0, 0.05) is 23.5 Å². The summed E-state index contributed by atoms with van der Waals surface area (Å²) in [6.45, 7) is 0.866. The molecule has 174 valence electrons. The molecule has 2 N–H and O–H groups in total. The molecule has 0 spiro atoms. The molecule has 2 amide bonds. The largest absolute Gasteiger partial charge is 0.490 e. The van der Waals surface area contributed by atoms with Gasteiger partial charge in [0.2, 0.25) is 5.88 Å². The highest BCUT2D eigenvalue weighted by Gasteiger charge is 2.31.